The van der Waals surface area contributed by atoms with Gasteiger partial charge in [-0.2, -0.15) is 0 Å². The lowest BCUT2D eigenvalue weighted by Crippen LogP contribution is -2.58. The van der Waals surface area contributed by atoms with Gasteiger partial charge in [0.05, 0.1) is 88.3 Å². The number of halogens is 1. The molecule has 3 rings (SSSR count). The first-order valence-electron chi connectivity index (χ1n) is 17.5. The van der Waals surface area contributed by atoms with E-state index < -0.39 is 35.4 Å². The van der Waals surface area contributed by atoms with Crippen molar-refractivity contribution in [2.45, 2.75) is 58.8 Å². The van der Waals surface area contributed by atoms with Crippen LogP contribution in [0.1, 0.15) is 38.4 Å². The summed E-state index contributed by atoms with van der Waals surface area (Å²) in [6, 6.07) is 6.04. The Kier molecular flexibility index (Phi) is 21.7. The first kappa shape index (κ1) is 46.0. The standard InChI is InChI=1S/C37H54N4O10S.ClH/c1-6-11-46-12-13-47-14-15-48-16-17-49-18-19-50-20-21-51-25-32(43)40-34(37(3,4)5)36(45)41-24-30(42)22-31(41)35(44)38-23-28-7-9-29(10-8-28)33-27(2)39-26-52-33;/h1,7-10,26,30-31,34,42H,11-25H2,2-5H3,(H,38,44)(H,40,43);1H/t30-,31+,34-;/m1./s1. The number of terminal acetylenes is 1. The van der Waals surface area contributed by atoms with Crippen LogP contribution in [-0.2, 0) is 49.3 Å². The van der Waals surface area contributed by atoms with Crippen LogP contribution >= 0.6 is 23.7 Å². The van der Waals surface area contributed by atoms with E-state index in [0.717, 1.165) is 21.7 Å². The first-order chi connectivity index (χ1) is 25.0. The number of carbonyl (C=O) groups is 3. The van der Waals surface area contributed by atoms with Crippen molar-refractivity contribution in [3.8, 4) is 22.8 Å². The average Bonchev–Trinajstić information content (AvgIpc) is 3.73. The molecule has 3 amide bonds. The van der Waals surface area contributed by atoms with E-state index >= 15 is 0 Å². The molecule has 0 saturated carbocycles. The zero-order valence-electron chi connectivity index (χ0n) is 31.1. The van der Waals surface area contributed by atoms with Crippen LogP contribution in [0.3, 0.4) is 0 Å². The molecule has 2 aromatic rings. The molecule has 1 aromatic heterocycles. The number of aromatic nitrogens is 1. The van der Waals surface area contributed by atoms with E-state index in [9.17, 15) is 19.5 Å². The molecule has 0 unspecified atom stereocenters. The maximum Gasteiger partial charge on any atom is 0.246 e. The molecule has 1 saturated heterocycles. The number of ether oxygens (including phenoxy) is 6. The van der Waals surface area contributed by atoms with Gasteiger partial charge in [-0.25, -0.2) is 4.98 Å². The van der Waals surface area contributed by atoms with Gasteiger partial charge in [0, 0.05) is 19.5 Å². The molecule has 53 heavy (non-hydrogen) atoms. The lowest BCUT2D eigenvalue weighted by molar-refractivity contribution is -0.144. The Morgan fingerprint density at radius 2 is 1.49 bits per heavy atom. The highest BCUT2D eigenvalue weighted by atomic mass is 35.5. The number of hydrogen-bond acceptors (Lipinski definition) is 12. The molecule has 16 heteroatoms. The third-order valence-corrected chi connectivity index (χ3v) is 8.97. The van der Waals surface area contributed by atoms with Crippen molar-refractivity contribution < 1.29 is 47.9 Å². The van der Waals surface area contributed by atoms with E-state index in [-0.39, 0.29) is 64.3 Å². The Morgan fingerprint density at radius 1 is 0.943 bits per heavy atom. The maximum atomic E-state index is 13.8. The Balaban J connectivity index is 0.00000972. The number of β-amino-alcohol motifs (C(OH)–C–C–N with tert-alkyl or cyclic N) is 1. The third-order valence-electron chi connectivity index (χ3n) is 7.99. The number of nitrogens with one attached hydrogen (secondary N) is 2. The van der Waals surface area contributed by atoms with Crippen LogP contribution in [-0.4, -0.2) is 137 Å². The second-order valence-corrected chi connectivity index (χ2v) is 14.1. The van der Waals surface area contributed by atoms with Gasteiger partial charge in [0.1, 0.15) is 25.3 Å². The Morgan fingerprint density at radius 3 is 2.00 bits per heavy atom. The molecular formula is C37H55ClN4O10S. The summed E-state index contributed by atoms with van der Waals surface area (Å²) in [6.07, 6.45) is 4.34. The van der Waals surface area contributed by atoms with Gasteiger partial charge in [-0.05, 0) is 23.5 Å². The number of thiazole rings is 1. The van der Waals surface area contributed by atoms with Gasteiger partial charge < -0.3 is 49.1 Å². The Bertz CT molecular complexity index is 1420. The number of aliphatic hydroxyl groups is 1. The fourth-order valence-corrected chi connectivity index (χ4v) is 6.09. The lowest BCUT2D eigenvalue weighted by atomic mass is 9.85. The van der Waals surface area contributed by atoms with Crippen LogP contribution in [0.4, 0.5) is 0 Å². The van der Waals surface area contributed by atoms with Crippen molar-refractivity contribution in [2.24, 2.45) is 5.41 Å². The summed E-state index contributed by atoms with van der Waals surface area (Å²) >= 11 is 1.57. The molecule has 0 bridgehead atoms. The highest BCUT2D eigenvalue weighted by Gasteiger charge is 2.44. The highest BCUT2D eigenvalue weighted by Crippen LogP contribution is 2.28. The number of carbonyl (C=O) groups excluding carboxylic acids is 3. The van der Waals surface area contributed by atoms with Crippen LogP contribution in [0.5, 0.6) is 0 Å². The van der Waals surface area contributed by atoms with E-state index in [1.165, 1.54) is 4.90 Å². The largest absolute Gasteiger partial charge is 0.391 e. The van der Waals surface area contributed by atoms with Gasteiger partial charge in [-0.15, -0.1) is 30.2 Å². The smallest absolute Gasteiger partial charge is 0.246 e. The molecular weight excluding hydrogens is 728 g/mol. The van der Waals surface area contributed by atoms with Gasteiger partial charge in [-0.1, -0.05) is 51.0 Å². The number of rotatable bonds is 24. The predicted octanol–water partition coefficient (Wildman–Crippen LogP) is 2.38. The molecule has 1 aliphatic heterocycles. The topological polar surface area (TPSA) is 167 Å². The van der Waals surface area contributed by atoms with Crippen molar-refractivity contribution in [3.63, 3.8) is 0 Å². The molecule has 3 atom stereocenters. The summed E-state index contributed by atoms with van der Waals surface area (Å²) in [5.41, 5.74) is 4.05. The van der Waals surface area contributed by atoms with Crippen LogP contribution in [0.15, 0.2) is 29.8 Å². The van der Waals surface area contributed by atoms with Crippen LogP contribution in [0.2, 0.25) is 0 Å². The molecule has 1 aromatic carbocycles. The zero-order valence-corrected chi connectivity index (χ0v) is 32.8. The predicted molar refractivity (Wildman–Crippen MR) is 203 cm³/mol. The number of aryl methyl sites for hydroxylation is 1. The number of amides is 3. The minimum absolute atomic E-state index is 0. The zero-order chi connectivity index (χ0) is 37.8. The fourth-order valence-electron chi connectivity index (χ4n) is 5.28. The second kappa shape index (κ2) is 25.0. The summed E-state index contributed by atoms with van der Waals surface area (Å²) in [7, 11) is 0. The lowest BCUT2D eigenvalue weighted by Gasteiger charge is -2.35. The number of nitrogens with zero attached hydrogens (tertiary/aromatic N) is 2. The summed E-state index contributed by atoms with van der Waals surface area (Å²) in [5.74, 6) is 1.11. The molecule has 0 spiro atoms. The molecule has 3 N–H and O–H groups in total. The van der Waals surface area contributed by atoms with Gasteiger partial charge in [0.25, 0.3) is 0 Å². The van der Waals surface area contributed by atoms with Crippen molar-refractivity contribution >= 4 is 41.5 Å². The number of hydrogen-bond donors (Lipinski definition) is 3. The van der Waals surface area contributed by atoms with Crippen molar-refractivity contribution in [2.75, 3.05) is 85.8 Å². The normalized spacial score (nSPS) is 16.1. The summed E-state index contributed by atoms with van der Waals surface area (Å²) in [4.78, 5) is 46.7. The SMILES string of the molecule is C#CCOCCOCCOCCOCCOCCOCC(=O)N[C@H](C(=O)N1C[C@H](O)C[C@H]1C(=O)NCc1ccc(-c2scnc2C)cc1)C(C)(C)C.Cl. The molecule has 1 aliphatic rings. The van der Waals surface area contributed by atoms with E-state index in [1.807, 2.05) is 57.5 Å². The summed E-state index contributed by atoms with van der Waals surface area (Å²) in [6.45, 7) is 11.6. The molecule has 14 nitrogen and oxygen atoms in total. The maximum absolute atomic E-state index is 13.8. The summed E-state index contributed by atoms with van der Waals surface area (Å²) < 4.78 is 32.3. The van der Waals surface area contributed by atoms with E-state index in [4.69, 9.17) is 34.8 Å². The van der Waals surface area contributed by atoms with Crippen molar-refractivity contribution in [1.29, 1.82) is 0 Å². The van der Waals surface area contributed by atoms with Crippen molar-refractivity contribution in [3.05, 3.63) is 41.0 Å². The Labute approximate surface area is 323 Å². The van der Waals surface area contributed by atoms with E-state index in [1.54, 1.807) is 11.3 Å². The molecule has 0 radical (unpaired) electrons. The van der Waals surface area contributed by atoms with Crippen LogP contribution in [0.25, 0.3) is 10.4 Å². The molecule has 0 aliphatic carbocycles. The minimum Gasteiger partial charge on any atom is -0.391 e. The third kappa shape index (κ3) is 16.8. The number of likely N-dealkylation sites (tertiary alicyclic amines) is 1. The molecule has 2 heterocycles. The minimum atomic E-state index is -0.948. The fraction of sp³-hybridized carbons (Fsp3) is 0.622. The van der Waals surface area contributed by atoms with Crippen molar-refractivity contribution in [1.82, 2.24) is 20.5 Å². The van der Waals surface area contributed by atoms with Gasteiger partial charge in [0.2, 0.25) is 17.7 Å². The molecule has 1 fully saturated rings. The number of benzene rings is 1. The van der Waals surface area contributed by atoms with Crippen LogP contribution in [0, 0.1) is 24.7 Å². The second-order valence-electron chi connectivity index (χ2n) is 13.2. The number of aliphatic hydroxyl groups excluding tert-OH is 1. The van der Waals surface area contributed by atoms with E-state index in [0.29, 0.717) is 52.9 Å². The van der Waals surface area contributed by atoms with Gasteiger partial charge in [-0.3, -0.25) is 14.4 Å². The van der Waals surface area contributed by atoms with Gasteiger partial charge >= 0.3 is 0 Å². The monoisotopic (exact) mass is 782 g/mol. The summed E-state index contributed by atoms with van der Waals surface area (Å²) in [5, 5.41) is 16.1. The highest BCUT2D eigenvalue weighted by molar-refractivity contribution is 7.13. The quantitative estimate of drug-likeness (QED) is 0.106. The molecule has 296 valence electrons. The van der Waals surface area contributed by atoms with Crippen LogP contribution < -0.4 is 10.6 Å². The first-order valence-corrected chi connectivity index (χ1v) is 18.3. The van der Waals surface area contributed by atoms with E-state index in [2.05, 4.69) is 21.5 Å². The Hall–Kier alpha value is -3.17. The van der Waals surface area contributed by atoms with Gasteiger partial charge in [0.15, 0.2) is 0 Å². The average molecular weight is 783 g/mol.